The fourth-order valence-electron chi connectivity index (χ4n) is 2.10. The summed E-state index contributed by atoms with van der Waals surface area (Å²) < 4.78 is 5.73. The average molecular weight is 234 g/mol. The molecule has 2 rings (SSSR count). The van der Waals surface area contributed by atoms with Crippen molar-refractivity contribution < 1.29 is 4.74 Å². The van der Waals surface area contributed by atoms with E-state index in [1.54, 1.807) is 0 Å². The fourth-order valence-corrected chi connectivity index (χ4v) is 2.10. The Morgan fingerprint density at radius 3 is 3.06 bits per heavy atom. The van der Waals surface area contributed by atoms with Gasteiger partial charge in [0.15, 0.2) is 0 Å². The van der Waals surface area contributed by atoms with Crippen LogP contribution in [0.25, 0.3) is 0 Å². The molecule has 3 heteroatoms. The maximum atomic E-state index is 5.73. The topological polar surface area (TPSA) is 34.2 Å². The zero-order valence-corrected chi connectivity index (χ0v) is 10.6. The van der Waals surface area contributed by atoms with Gasteiger partial charge in [0.1, 0.15) is 5.82 Å². The lowest BCUT2D eigenvalue weighted by molar-refractivity contribution is 0.0951. The minimum atomic E-state index is 0.670. The van der Waals surface area contributed by atoms with Gasteiger partial charge in [-0.2, -0.15) is 0 Å². The van der Waals surface area contributed by atoms with E-state index in [9.17, 15) is 0 Å². The molecule has 1 saturated carbocycles. The van der Waals surface area contributed by atoms with Gasteiger partial charge < -0.3 is 10.1 Å². The fraction of sp³-hybridized carbons (Fsp3) is 0.643. The van der Waals surface area contributed by atoms with Gasteiger partial charge in [-0.3, -0.25) is 0 Å². The molecule has 0 atom stereocenters. The molecule has 0 spiro atoms. The number of ether oxygens (including phenoxy) is 1. The quantitative estimate of drug-likeness (QED) is 0.735. The van der Waals surface area contributed by atoms with Crippen LogP contribution >= 0.6 is 0 Å². The predicted molar refractivity (Wildman–Crippen MR) is 70.0 cm³/mol. The first kappa shape index (κ1) is 12.4. The lowest BCUT2D eigenvalue weighted by atomic mass is 9.83. The largest absolute Gasteiger partial charge is 0.377 e. The lowest BCUT2D eigenvalue weighted by Crippen LogP contribution is -2.13. The molecule has 0 unspecified atom stereocenters. The summed E-state index contributed by atoms with van der Waals surface area (Å²) in [5.41, 5.74) is 1.16. The molecule has 0 bridgehead atoms. The van der Waals surface area contributed by atoms with E-state index in [-0.39, 0.29) is 0 Å². The first-order valence-corrected chi connectivity index (χ1v) is 6.65. The van der Waals surface area contributed by atoms with Crippen molar-refractivity contribution in [3.63, 3.8) is 0 Å². The normalized spacial score (nSPS) is 15.6. The second-order valence-electron chi connectivity index (χ2n) is 4.68. The van der Waals surface area contributed by atoms with Crippen LogP contribution in [0.4, 0.5) is 5.82 Å². The zero-order chi connectivity index (χ0) is 11.9. The summed E-state index contributed by atoms with van der Waals surface area (Å²) >= 11 is 0. The van der Waals surface area contributed by atoms with Crippen molar-refractivity contribution in [1.29, 1.82) is 0 Å². The predicted octanol–water partition coefficient (Wildman–Crippen LogP) is 3.22. The highest BCUT2D eigenvalue weighted by Gasteiger charge is 2.16. The van der Waals surface area contributed by atoms with Gasteiger partial charge in [-0.1, -0.05) is 25.3 Å². The molecule has 0 aromatic carbocycles. The summed E-state index contributed by atoms with van der Waals surface area (Å²) in [6.45, 7) is 4.52. The number of nitrogens with one attached hydrogen (secondary N) is 1. The summed E-state index contributed by atoms with van der Waals surface area (Å²) in [5.74, 6) is 1.88. The van der Waals surface area contributed by atoms with E-state index in [4.69, 9.17) is 4.74 Å². The summed E-state index contributed by atoms with van der Waals surface area (Å²) in [6, 6.07) is 4.04. The molecule has 94 valence electrons. The van der Waals surface area contributed by atoms with Crippen molar-refractivity contribution in [2.45, 2.75) is 39.2 Å². The molecule has 1 aliphatic rings. The second-order valence-corrected chi connectivity index (χ2v) is 4.68. The minimum Gasteiger partial charge on any atom is -0.377 e. The smallest absolute Gasteiger partial charge is 0.131 e. The number of pyridine rings is 1. The highest BCUT2D eigenvalue weighted by atomic mass is 16.5. The maximum Gasteiger partial charge on any atom is 0.131 e. The Hall–Kier alpha value is -1.09. The van der Waals surface area contributed by atoms with Gasteiger partial charge in [0.05, 0.1) is 6.61 Å². The highest BCUT2D eigenvalue weighted by Crippen LogP contribution is 2.29. The van der Waals surface area contributed by atoms with E-state index < -0.39 is 0 Å². The van der Waals surface area contributed by atoms with E-state index in [0.717, 1.165) is 30.5 Å². The second kappa shape index (κ2) is 6.60. The number of rotatable bonds is 7. The molecule has 1 aliphatic carbocycles. The highest BCUT2D eigenvalue weighted by molar-refractivity contribution is 5.42. The van der Waals surface area contributed by atoms with E-state index in [2.05, 4.69) is 23.3 Å². The molecule has 1 heterocycles. The molecule has 1 aromatic heterocycles. The monoisotopic (exact) mass is 234 g/mol. The molecule has 1 aromatic rings. The third kappa shape index (κ3) is 3.70. The van der Waals surface area contributed by atoms with E-state index in [0.29, 0.717) is 6.61 Å². The average Bonchev–Trinajstić information content (AvgIpc) is 2.29. The third-order valence-corrected chi connectivity index (χ3v) is 3.39. The van der Waals surface area contributed by atoms with E-state index >= 15 is 0 Å². The molecule has 0 radical (unpaired) electrons. The maximum absolute atomic E-state index is 5.73. The standard InChI is InChI=1S/C14H22N2O/c1-2-15-14-13(7-4-9-16-14)11-17-10-8-12-5-3-6-12/h4,7,9,12H,2-3,5-6,8,10-11H2,1H3,(H,15,16). The molecule has 0 aliphatic heterocycles. The third-order valence-electron chi connectivity index (χ3n) is 3.39. The van der Waals surface area contributed by atoms with Gasteiger partial charge in [0.25, 0.3) is 0 Å². The number of nitrogens with zero attached hydrogens (tertiary/aromatic N) is 1. The Morgan fingerprint density at radius 1 is 1.47 bits per heavy atom. The summed E-state index contributed by atoms with van der Waals surface area (Å²) in [6.07, 6.45) is 7.25. The van der Waals surface area contributed by atoms with E-state index in [1.807, 2.05) is 12.3 Å². The molecule has 1 N–H and O–H groups in total. The Balaban J connectivity index is 1.73. The Morgan fingerprint density at radius 2 is 2.35 bits per heavy atom. The van der Waals surface area contributed by atoms with Crippen molar-refractivity contribution >= 4 is 5.82 Å². The van der Waals surface area contributed by atoms with Crippen LogP contribution in [0.3, 0.4) is 0 Å². The Labute approximate surface area is 104 Å². The van der Waals surface area contributed by atoms with E-state index in [1.165, 1.54) is 25.7 Å². The molecule has 0 amide bonds. The number of anilines is 1. The van der Waals surface area contributed by atoms with Crippen LogP contribution in [0.2, 0.25) is 0 Å². The van der Waals surface area contributed by atoms with Gasteiger partial charge >= 0.3 is 0 Å². The molecular formula is C14H22N2O. The SMILES string of the molecule is CCNc1ncccc1COCCC1CCC1. The summed E-state index contributed by atoms with van der Waals surface area (Å²) in [4.78, 5) is 4.32. The van der Waals surface area contributed by atoms with Crippen LogP contribution in [-0.4, -0.2) is 18.1 Å². The number of hydrogen-bond acceptors (Lipinski definition) is 3. The number of hydrogen-bond donors (Lipinski definition) is 1. The van der Waals surface area contributed by atoms with Crippen molar-refractivity contribution in [3.05, 3.63) is 23.9 Å². The van der Waals surface area contributed by atoms with Gasteiger partial charge in [-0.15, -0.1) is 0 Å². The molecule has 0 saturated heterocycles. The lowest BCUT2D eigenvalue weighted by Gasteiger charge is -2.24. The van der Waals surface area contributed by atoms with Crippen LogP contribution in [0.15, 0.2) is 18.3 Å². The molecular weight excluding hydrogens is 212 g/mol. The van der Waals surface area contributed by atoms with Crippen molar-refractivity contribution in [2.24, 2.45) is 5.92 Å². The summed E-state index contributed by atoms with van der Waals surface area (Å²) in [7, 11) is 0. The van der Waals surface area contributed by atoms with Crippen LogP contribution in [0.5, 0.6) is 0 Å². The Kier molecular flexibility index (Phi) is 4.80. The van der Waals surface area contributed by atoms with Gasteiger partial charge in [-0.05, 0) is 25.3 Å². The first-order chi connectivity index (χ1) is 8.40. The molecule has 17 heavy (non-hydrogen) atoms. The van der Waals surface area contributed by atoms with Gasteiger partial charge in [0, 0.05) is 24.9 Å². The molecule has 3 nitrogen and oxygen atoms in total. The minimum absolute atomic E-state index is 0.670. The van der Waals surface area contributed by atoms with Crippen LogP contribution in [-0.2, 0) is 11.3 Å². The Bertz CT molecular complexity index is 337. The summed E-state index contributed by atoms with van der Waals surface area (Å²) in [5, 5.41) is 3.26. The van der Waals surface area contributed by atoms with Gasteiger partial charge in [0.2, 0.25) is 0 Å². The van der Waals surface area contributed by atoms with Crippen LogP contribution in [0, 0.1) is 5.92 Å². The van der Waals surface area contributed by atoms with Gasteiger partial charge in [-0.25, -0.2) is 4.98 Å². The molecule has 1 fully saturated rings. The number of aromatic nitrogens is 1. The van der Waals surface area contributed by atoms with Crippen molar-refractivity contribution in [1.82, 2.24) is 4.98 Å². The van der Waals surface area contributed by atoms with Crippen LogP contribution < -0.4 is 5.32 Å². The van der Waals surface area contributed by atoms with Crippen molar-refractivity contribution in [2.75, 3.05) is 18.5 Å². The van der Waals surface area contributed by atoms with Crippen molar-refractivity contribution in [3.8, 4) is 0 Å². The first-order valence-electron chi connectivity index (χ1n) is 6.65. The van der Waals surface area contributed by atoms with Crippen LogP contribution in [0.1, 0.15) is 38.2 Å². The zero-order valence-electron chi connectivity index (χ0n) is 10.6.